The first-order valence-corrected chi connectivity index (χ1v) is 8.24. The van der Waals surface area contributed by atoms with Crippen LogP contribution in [0.4, 0.5) is 11.4 Å². The minimum absolute atomic E-state index is 0.125. The zero-order valence-electron chi connectivity index (χ0n) is 14.3. The predicted octanol–water partition coefficient (Wildman–Crippen LogP) is 2.36. The molecule has 0 radical (unpaired) electrons. The number of hydrogen-bond donors (Lipinski definition) is 1. The predicted molar refractivity (Wildman–Crippen MR) is 94.8 cm³/mol. The van der Waals surface area contributed by atoms with Gasteiger partial charge in [-0.3, -0.25) is 24.7 Å². The van der Waals surface area contributed by atoms with Crippen molar-refractivity contribution in [2.75, 3.05) is 11.4 Å². The Morgan fingerprint density at radius 1 is 1.35 bits per heavy atom. The molecule has 8 nitrogen and oxygen atoms in total. The van der Waals surface area contributed by atoms with Crippen LogP contribution in [0.1, 0.15) is 34.5 Å². The molecule has 26 heavy (non-hydrogen) atoms. The summed E-state index contributed by atoms with van der Waals surface area (Å²) in [6.45, 7) is 2.63. The lowest BCUT2D eigenvalue weighted by Crippen LogP contribution is -2.25. The Morgan fingerprint density at radius 3 is 2.69 bits per heavy atom. The number of rotatable bonds is 5. The van der Waals surface area contributed by atoms with Gasteiger partial charge in [0.2, 0.25) is 5.91 Å². The van der Waals surface area contributed by atoms with Crippen molar-refractivity contribution in [3.63, 3.8) is 0 Å². The number of pyridine rings is 1. The Bertz CT molecular complexity index is 864. The second kappa shape index (κ2) is 7.30. The number of nitrogens with zero attached hydrogens (tertiary/aromatic N) is 3. The average molecular weight is 354 g/mol. The Labute approximate surface area is 150 Å². The fraction of sp³-hybridized carbons (Fsp3) is 0.278. The number of nitrogens with one attached hydrogen (secondary N) is 1. The summed E-state index contributed by atoms with van der Waals surface area (Å²) in [6.07, 6.45) is 2.58. The molecule has 0 aliphatic carbocycles. The summed E-state index contributed by atoms with van der Waals surface area (Å²) in [5.41, 5.74) is 2.10. The van der Waals surface area contributed by atoms with Gasteiger partial charge in [-0.15, -0.1) is 0 Å². The van der Waals surface area contributed by atoms with E-state index in [0.29, 0.717) is 12.1 Å². The number of benzene rings is 1. The fourth-order valence-electron chi connectivity index (χ4n) is 2.84. The van der Waals surface area contributed by atoms with Gasteiger partial charge >= 0.3 is 0 Å². The van der Waals surface area contributed by atoms with Crippen LogP contribution in [-0.4, -0.2) is 28.3 Å². The standard InChI is InChI=1S/C18H18N4O4/c1-12-16(9-15(11-19-12)22(25)26)18(24)20-10-13-4-6-14(7-5-13)21-8-2-3-17(21)23/h4-7,9,11H,2-3,8,10H2,1H3,(H,20,24). The molecule has 1 aliphatic rings. The first kappa shape index (κ1) is 17.5. The van der Waals surface area contributed by atoms with Crippen molar-refractivity contribution in [2.24, 2.45) is 0 Å². The van der Waals surface area contributed by atoms with Crippen LogP contribution in [0, 0.1) is 17.0 Å². The summed E-state index contributed by atoms with van der Waals surface area (Å²) >= 11 is 0. The smallest absolute Gasteiger partial charge is 0.288 e. The third-order valence-corrected chi connectivity index (χ3v) is 4.30. The summed E-state index contributed by atoms with van der Waals surface area (Å²) < 4.78 is 0. The average Bonchev–Trinajstić information content (AvgIpc) is 3.06. The summed E-state index contributed by atoms with van der Waals surface area (Å²) in [4.78, 5) is 40.0. The molecule has 1 aliphatic heterocycles. The Balaban J connectivity index is 1.65. The molecule has 134 valence electrons. The Hall–Kier alpha value is -3.29. The zero-order chi connectivity index (χ0) is 18.7. The van der Waals surface area contributed by atoms with Crippen molar-refractivity contribution >= 4 is 23.2 Å². The van der Waals surface area contributed by atoms with Gasteiger partial charge in [0.1, 0.15) is 6.20 Å². The van der Waals surface area contributed by atoms with Gasteiger partial charge in [-0.05, 0) is 31.0 Å². The summed E-state index contributed by atoms with van der Waals surface area (Å²) in [7, 11) is 0. The first-order chi connectivity index (χ1) is 12.5. The van der Waals surface area contributed by atoms with E-state index in [1.807, 2.05) is 24.3 Å². The molecule has 2 heterocycles. The van der Waals surface area contributed by atoms with Crippen molar-refractivity contribution in [3.8, 4) is 0 Å². The van der Waals surface area contributed by atoms with E-state index in [4.69, 9.17) is 0 Å². The minimum Gasteiger partial charge on any atom is -0.348 e. The van der Waals surface area contributed by atoms with Gasteiger partial charge in [-0.25, -0.2) is 0 Å². The molecule has 1 fully saturated rings. The van der Waals surface area contributed by atoms with E-state index >= 15 is 0 Å². The number of amides is 2. The molecule has 1 aromatic carbocycles. The number of aromatic nitrogens is 1. The highest BCUT2D eigenvalue weighted by Crippen LogP contribution is 2.21. The highest BCUT2D eigenvalue weighted by molar-refractivity contribution is 5.96. The fourth-order valence-corrected chi connectivity index (χ4v) is 2.84. The molecule has 2 amide bonds. The largest absolute Gasteiger partial charge is 0.348 e. The molecule has 1 saturated heterocycles. The van der Waals surface area contributed by atoms with Crippen LogP contribution in [0.15, 0.2) is 36.5 Å². The van der Waals surface area contributed by atoms with Crippen LogP contribution in [0.2, 0.25) is 0 Å². The third kappa shape index (κ3) is 3.69. The van der Waals surface area contributed by atoms with E-state index < -0.39 is 10.8 Å². The molecule has 2 aromatic rings. The van der Waals surface area contributed by atoms with Crippen LogP contribution in [0.5, 0.6) is 0 Å². The molecule has 8 heteroatoms. The number of hydrogen-bond acceptors (Lipinski definition) is 5. The van der Waals surface area contributed by atoms with E-state index in [9.17, 15) is 19.7 Å². The Kier molecular flexibility index (Phi) is 4.92. The van der Waals surface area contributed by atoms with Gasteiger partial charge in [0.25, 0.3) is 11.6 Å². The van der Waals surface area contributed by atoms with E-state index in [0.717, 1.165) is 30.4 Å². The van der Waals surface area contributed by atoms with Crippen LogP contribution >= 0.6 is 0 Å². The molecule has 1 N–H and O–H groups in total. The van der Waals surface area contributed by atoms with Gasteiger partial charge in [-0.1, -0.05) is 12.1 Å². The maximum Gasteiger partial charge on any atom is 0.288 e. The molecule has 0 saturated carbocycles. The molecular formula is C18H18N4O4. The second-order valence-corrected chi connectivity index (χ2v) is 6.08. The number of nitro groups is 1. The number of carbonyl (C=O) groups excluding carboxylic acids is 2. The monoisotopic (exact) mass is 354 g/mol. The lowest BCUT2D eigenvalue weighted by atomic mass is 10.1. The molecule has 3 rings (SSSR count). The van der Waals surface area contributed by atoms with Crippen molar-refractivity contribution < 1.29 is 14.5 Å². The maximum atomic E-state index is 12.3. The quantitative estimate of drug-likeness (QED) is 0.655. The molecule has 0 unspecified atom stereocenters. The minimum atomic E-state index is -0.582. The van der Waals surface area contributed by atoms with Crippen LogP contribution in [0.25, 0.3) is 0 Å². The van der Waals surface area contributed by atoms with Crippen LogP contribution in [0.3, 0.4) is 0 Å². The lowest BCUT2D eigenvalue weighted by molar-refractivity contribution is -0.385. The number of carbonyl (C=O) groups is 2. The summed E-state index contributed by atoms with van der Waals surface area (Å²) in [6, 6.07) is 8.62. The highest BCUT2D eigenvalue weighted by Gasteiger charge is 2.21. The van der Waals surface area contributed by atoms with Crippen LogP contribution < -0.4 is 10.2 Å². The molecule has 0 spiro atoms. The van der Waals surface area contributed by atoms with E-state index in [-0.39, 0.29) is 23.7 Å². The third-order valence-electron chi connectivity index (χ3n) is 4.30. The van der Waals surface area contributed by atoms with Crippen molar-refractivity contribution in [1.82, 2.24) is 10.3 Å². The topological polar surface area (TPSA) is 105 Å². The van der Waals surface area contributed by atoms with E-state index in [2.05, 4.69) is 10.3 Å². The van der Waals surface area contributed by atoms with Crippen molar-refractivity contribution in [1.29, 1.82) is 0 Å². The summed E-state index contributed by atoms with van der Waals surface area (Å²) in [5, 5.41) is 13.6. The van der Waals surface area contributed by atoms with Crippen molar-refractivity contribution in [2.45, 2.75) is 26.3 Å². The normalized spacial score (nSPS) is 13.7. The van der Waals surface area contributed by atoms with Gasteiger partial charge in [0.15, 0.2) is 0 Å². The molecule has 0 bridgehead atoms. The van der Waals surface area contributed by atoms with Crippen LogP contribution in [-0.2, 0) is 11.3 Å². The van der Waals surface area contributed by atoms with Gasteiger partial charge in [0.05, 0.1) is 16.2 Å². The summed E-state index contributed by atoms with van der Waals surface area (Å²) in [5.74, 6) is -0.294. The van der Waals surface area contributed by atoms with Gasteiger partial charge in [-0.2, -0.15) is 0 Å². The van der Waals surface area contributed by atoms with E-state index in [1.165, 1.54) is 6.07 Å². The number of anilines is 1. The molecule has 1 aromatic heterocycles. The number of aryl methyl sites for hydroxylation is 1. The van der Waals surface area contributed by atoms with E-state index in [1.54, 1.807) is 11.8 Å². The lowest BCUT2D eigenvalue weighted by Gasteiger charge is -2.16. The second-order valence-electron chi connectivity index (χ2n) is 6.08. The maximum absolute atomic E-state index is 12.3. The molecular weight excluding hydrogens is 336 g/mol. The first-order valence-electron chi connectivity index (χ1n) is 8.24. The Morgan fingerprint density at radius 2 is 2.08 bits per heavy atom. The zero-order valence-corrected chi connectivity index (χ0v) is 14.3. The molecule has 0 atom stereocenters. The highest BCUT2D eigenvalue weighted by atomic mass is 16.6. The SMILES string of the molecule is Cc1ncc([N+](=O)[O-])cc1C(=O)NCc1ccc(N2CCCC2=O)cc1. The van der Waals surface area contributed by atoms with Gasteiger partial charge in [0, 0.05) is 31.3 Å². The van der Waals surface area contributed by atoms with Gasteiger partial charge < -0.3 is 10.2 Å². The van der Waals surface area contributed by atoms with Crippen molar-refractivity contribution in [3.05, 3.63) is 63.5 Å².